The highest BCUT2D eigenvalue weighted by Crippen LogP contribution is 2.18. The molecule has 3 fully saturated rings. The van der Waals surface area contributed by atoms with Gasteiger partial charge in [-0.15, -0.1) is 0 Å². The summed E-state index contributed by atoms with van der Waals surface area (Å²) < 4.78 is 11.5. The SMILES string of the molecule is CN1CCN([C@@H]2CCCCN(CCCO[C@H]3CCCCO3)C2)CC1. The molecule has 0 saturated carbocycles. The molecular weight excluding hydrogens is 302 g/mol. The van der Waals surface area contributed by atoms with Crippen LogP contribution < -0.4 is 0 Å². The zero-order valence-electron chi connectivity index (χ0n) is 15.6. The molecule has 0 N–H and O–H groups in total. The van der Waals surface area contributed by atoms with Crippen molar-refractivity contribution in [3.8, 4) is 0 Å². The summed E-state index contributed by atoms with van der Waals surface area (Å²) in [5, 5.41) is 0. The Morgan fingerprint density at radius 3 is 2.58 bits per heavy atom. The number of hydrogen-bond donors (Lipinski definition) is 0. The van der Waals surface area contributed by atoms with E-state index in [0.717, 1.165) is 32.1 Å². The number of piperazine rings is 1. The van der Waals surface area contributed by atoms with Gasteiger partial charge in [-0.05, 0) is 52.1 Å². The van der Waals surface area contributed by atoms with Gasteiger partial charge in [-0.2, -0.15) is 0 Å². The Bertz CT molecular complexity index is 342. The normalized spacial score (nSPS) is 31.9. The number of nitrogens with zero attached hydrogens (tertiary/aromatic N) is 3. The maximum atomic E-state index is 5.90. The van der Waals surface area contributed by atoms with E-state index in [9.17, 15) is 0 Å². The minimum absolute atomic E-state index is 0.0703. The third-order valence-corrected chi connectivity index (χ3v) is 5.85. The number of likely N-dealkylation sites (N-methyl/N-ethyl adjacent to an activating group) is 1. The zero-order chi connectivity index (χ0) is 16.6. The van der Waals surface area contributed by atoms with E-state index in [2.05, 4.69) is 21.7 Å². The average molecular weight is 340 g/mol. The van der Waals surface area contributed by atoms with Crippen molar-refractivity contribution in [2.24, 2.45) is 0 Å². The van der Waals surface area contributed by atoms with Crippen molar-refractivity contribution in [3.05, 3.63) is 0 Å². The molecule has 0 aromatic carbocycles. The largest absolute Gasteiger partial charge is 0.353 e. The van der Waals surface area contributed by atoms with E-state index in [0.29, 0.717) is 0 Å². The molecule has 3 heterocycles. The van der Waals surface area contributed by atoms with Crippen LogP contribution in [0.5, 0.6) is 0 Å². The number of rotatable bonds is 6. The van der Waals surface area contributed by atoms with Gasteiger partial charge in [-0.1, -0.05) is 6.42 Å². The molecule has 0 aliphatic carbocycles. The molecule has 3 aliphatic rings. The summed E-state index contributed by atoms with van der Waals surface area (Å²) in [6.45, 7) is 10.4. The molecule has 5 heteroatoms. The summed E-state index contributed by atoms with van der Waals surface area (Å²) in [6.07, 6.45) is 8.86. The first-order chi connectivity index (χ1) is 11.8. The van der Waals surface area contributed by atoms with E-state index in [1.165, 1.54) is 77.9 Å². The monoisotopic (exact) mass is 339 g/mol. The molecule has 3 aliphatic heterocycles. The van der Waals surface area contributed by atoms with E-state index in [4.69, 9.17) is 9.47 Å². The zero-order valence-corrected chi connectivity index (χ0v) is 15.6. The molecular formula is C19H37N3O2. The van der Waals surface area contributed by atoms with E-state index in [1.807, 2.05) is 0 Å². The molecule has 0 bridgehead atoms. The Kier molecular flexibility index (Phi) is 7.80. The summed E-state index contributed by atoms with van der Waals surface area (Å²) in [5.41, 5.74) is 0. The van der Waals surface area contributed by atoms with Crippen LogP contribution in [0.4, 0.5) is 0 Å². The summed E-state index contributed by atoms with van der Waals surface area (Å²) in [4.78, 5) is 7.88. The van der Waals surface area contributed by atoms with Crippen molar-refractivity contribution in [1.82, 2.24) is 14.7 Å². The van der Waals surface area contributed by atoms with Crippen LogP contribution in [0.1, 0.15) is 44.9 Å². The Morgan fingerprint density at radius 2 is 1.79 bits per heavy atom. The first-order valence-electron chi connectivity index (χ1n) is 10.2. The molecule has 0 spiro atoms. The molecule has 5 nitrogen and oxygen atoms in total. The topological polar surface area (TPSA) is 28.2 Å². The second kappa shape index (κ2) is 10.1. The molecule has 3 rings (SSSR count). The minimum atomic E-state index is 0.0703. The van der Waals surface area contributed by atoms with Crippen molar-refractivity contribution in [3.63, 3.8) is 0 Å². The van der Waals surface area contributed by atoms with E-state index >= 15 is 0 Å². The summed E-state index contributed by atoms with van der Waals surface area (Å²) in [7, 11) is 2.24. The summed E-state index contributed by atoms with van der Waals surface area (Å²) in [6, 6.07) is 0.767. The second-order valence-corrected chi connectivity index (χ2v) is 7.81. The highest BCUT2D eigenvalue weighted by molar-refractivity contribution is 4.82. The standard InChI is InChI=1S/C19H37N3O2/c1-20-11-13-22(14-12-20)18-7-2-4-9-21(17-18)10-6-16-24-19-8-3-5-15-23-19/h18-19H,2-17H2,1H3/t18-,19+/m1/s1. The van der Waals surface area contributed by atoms with Crippen LogP contribution in [-0.2, 0) is 9.47 Å². The van der Waals surface area contributed by atoms with Gasteiger partial charge in [-0.25, -0.2) is 0 Å². The van der Waals surface area contributed by atoms with Gasteiger partial charge in [0.25, 0.3) is 0 Å². The van der Waals surface area contributed by atoms with Crippen molar-refractivity contribution >= 4 is 0 Å². The molecule has 3 saturated heterocycles. The Morgan fingerprint density at radius 1 is 0.958 bits per heavy atom. The van der Waals surface area contributed by atoms with Crippen LogP contribution >= 0.6 is 0 Å². The van der Waals surface area contributed by atoms with Crippen LogP contribution in [0.2, 0.25) is 0 Å². The Hall–Kier alpha value is -0.200. The fraction of sp³-hybridized carbons (Fsp3) is 1.00. The van der Waals surface area contributed by atoms with Crippen molar-refractivity contribution in [1.29, 1.82) is 0 Å². The van der Waals surface area contributed by atoms with Crippen LogP contribution in [0.15, 0.2) is 0 Å². The van der Waals surface area contributed by atoms with E-state index in [-0.39, 0.29) is 6.29 Å². The third-order valence-electron chi connectivity index (χ3n) is 5.85. The maximum Gasteiger partial charge on any atom is 0.157 e. The number of hydrogen-bond acceptors (Lipinski definition) is 5. The molecule has 140 valence electrons. The van der Waals surface area contributed by atoms with Gasteiger partial charge < -0.3 is 19.3 Å². The first-order valence-corrected chi connectivity index (χ1v) is 10.2. The highest BCUT2D eigenvalue weighted by Gasteiger charge is 2.26. The molecule has 2 atom stereocenters. The van der Waals surface area contributed by atoms with Crippen LogP contribution in [0.25, 0.3) is 0 Å². The summed E-state index contributed by atoms with van der Waals surface area (Å²) >= 11 is 0. The van der Waals surface area contributed by atoms with Crippen molar-refractivity contribution in [2.45, 2.75) is 57.3 Å². The van der Waals surface area contributed by atoms with Gasteiger partial charge in [-0.3, -0.25) is 4.90 Å². The summed E-state index contributed by atoms with van der Waals surface area (Å²) in [5.74, 6) is 0. The molecule has 0 unspecified atom stereocenters. The smallest absolute Gasteiger partial charge is 0.157 e. The minimum Gasteiger partial charge on any atom is -0.353 e. The van der Waals surface area contributed by atoms with Gasteiger partial charge in [0.15, 0.2) is 6.29 Å². The van der Waals surface area contributed by atoms with E-state index in [1.54, 1.807) is 0 Å². The fourth-order valence-corrected chi connectivity index (χ4v) is 4.23. The van der Waals surface area contributed by atoms with Crippen LogP contribution in [-0.4, -0.2) is 93.1 Å². The lowest BCUT2D eigenvalue weighted by Crippen LogP contribution is -2.52. The predicted octanol–water partition coefficient (Wildman–Crippen LogP) is 2.02. The molecule has 0 radical (unpaired) electrons. The molecule has 0 aromatic heterocycles. The molecule has 0 amide bonds. The van der Waals surface area contributed by atoms with Gasteiger partial charge >= 0.3 is 0 Å². The Balaban J connectivity index is 1.35. The second-order valence-electron chi connectivity index (χ2n) is 7.81. The van der Waals surface area contributed by atoms with Crippen LogP contribution in [0, 0.1) is 0 Å². The van der Waals surface area contributed by atoms with Gasteiger partial charge in [0, 0.05) is 51.9 Å². The molecule has 24 heavy (non-hydrogen) atoms. The predicted molar refractivity (Wildman–Crippen MR) is 97.3 cm³/mol. The van der Waals surface area contributed by atoms with Crippen molar-refractivity contribution in [2.75, 3.05) is 66.1 Å². The average Bonchev–Trinajstić information content (AvgIpc) is 2.86. The fourth-order valence-electron chi connectivity index (χ4n) is 4.23. The molecule has 0 aromatic rings. The number of likely N-dealkylation sites (tertiary alicyclic amines) is 1. The van der Waals surface area contributed by atoms with Crippen LogP contribution in [0.3, 0.4) is 0 Å². The number of ether oxygens (including phenoxy) is 2. The highest BCUT2D eigenvalue weighted by atomic mass is 16.7. The Labute approximate surface area is 148 Å². The maximum absolute atomic E-state index is 5.90. The van der Waals surface area contributed by atoms with Crippen molar-refractivity contribution < 1.29 is 9.47 Å². The quantitative estimate of drug-likeness (QED) is 0.691. The lowest BCUT2D eigenvalue weighted by Gasteiger charge is -2.39. The third kappa shape index (κ3) is 5.95. The lowest BCUT2D eigenvalue weighted by atomic mass is 10.1. The van der Waals surface area contributed by atoms with Gasteiger partial charge in [0.05, 0.1) is 6.61 Å². The van der Waals surface area contributed by atoms with Gasteiger partial charge in [0.2, 0.25) is 0 Å². The van der Waals surface area contributed by atoms with E-state index < -0.39 is 0 Å². The lowest BCUT2D eigenvalue weighted by molar-refractivity contribution is -0.163. The first kappa shape index (κ1) is 18.6. The van der Waals surface area contributed by atoms with Gasteiger partial charge in [0.1, 0.15) is 0 Å².